The van der Waals surface area contributed by atoms with Crippen LogP contribution in [0.3, 0.4) is 0 Å². The summed E-state index contributed by atoms with van der Waals surface area (Å²) in [6.07, 6.45) is 1.52. The summed E-state index contributed by atoms with van der Waals surface area (Å²) in [5, 5.41) is 19.7. The lowest BCUT2D eigenvalue weighted by atomic mass is 10.1. The van der Waals surface area contributed by atoms with Crippen LogP contribution in [0.25, 0.3) is 0 Å². The zero-order valence-corrected chi connectivity index (χ0v) is 17.5. The maximum absolute atomic E-state index is 12.7. The Kier molecular flexibility index (Phi) is 6.10. The number of nitro groups is 1. The fourth-order valence-electron chi connectivity index (χ4n) is 2.50. The smallest absolute Gasteiger partial charge is 0.284 e. The van der Waals surface area contributed by atoms with Gasteiger partial charge < -0.3 is 9.47 Å². The standard InChI is InChI=1S/C18H16BrN5O3S/c1-22(10-12-3-6-14(19)7-4-12)17(25)13-5-8-16(15(9-13)24(26)27)28-18-21-20-11-23(18)2/h3-9,11H,10H2,1-2H3. The van der Waals surface area contributed by atoms with Gasteiger partial charge in [-0.3, -0.25) is 14.9 Å². The lowest BCUT2D eigenvalue weighted by Crippen LogP contribution is -2.26. The van der Waals surface area contributed by atoms with E-state index >= 15 is 0 Å². The Morgan fingerprint density at radius 2 is 2.00 bits per heavy atom. The predicted molar refractivity (Wildman–Crippen MR) is 108 cm³/mol. The molecular formula is C18H16BrN5O3S. The van der Waals surface area contributed by atoms with E-state index in [9.17, 15) is 14.9 Å². The molecule has 0 unspecified atom stereocenters. The van der Waals surface area contributed by atoms with Gasteiger partial charge in [-0.05, 0) is 41.6 Å². The van der Waals surface area contributed by atoms with Crippen molar-refractivity contribution in [2.75, 3.05) is 7.05 Å². The number of hydrogen-bond donors (Lipinski definition) is 0. The van der Waals surface area contributed by atoms with Crippen LogP contribution < -0.4 is 0 Å². The Bertz CT molecular complexity index is 1020. The lowest BCUT2D eigenvalue weighted by molar-refractivity contribution is -0.387. The number of nitro benzene ring substituents is 1. The Hall–Kier alpha value is -2.72. The fraction of sp³-hybridized carbons (Fsp3) is 0.167. The molecule has 3 aromatic rings. The monoisotopic (exact) mass is 461 g/mol. The van der Waals surface area contributed by atoms with Crippen molar-refractivity contribution in [2.24, 2.45) is 7.05 Å². The molecule has 0 aliphatic heterocycles. The highest BCUT2D eigenvalue weighted by Crippen LogP contribution is 2.34. The fourth-order valence-corrected chi connectivity index (χ4v) is 3.61. The molecule has 144 valence electrons. The Labute approximate surface area is 173 Å². The highest BCUT2D eigenvalue weighted by Gasteiger charge is 2.21. The number of aromatic nitrogens is 3. The molecule has 0 aliphatic rings. The van der Waals surface area contributed by atoms with E-state index in [1.807, 2.05) is 24.3 Å². The summed E-state index contributed by atoms with van der Waals surface area (Å²) in [5.41, 5.74) is 1.08. The van der Waals surface area contributed by atoms with Gasteiger partial charge in [0.2, 0.25) is 0 Å². The molecule has 0 saturated carbocycles. The van der Waals surface area contributed by atoms with E-state index in [1.54, 1.807) is 30.8 Å². The summed E-state index contributed by atoms with van der Waals surface area (Å²) >= 11 is 4.50. The third-order valence-corrected chi connectivity index (χ3v) is 5.60. The number of carbonyl (C=O) groups is 1. The summed E-state index contributed by atoms with van der Waals surface area (Å²) in [6, 6.07) is 12.1. The number of halogens is 1. The molecule has 28 heavy (non-hydrogen) atoms. The summed E-state index contributed by atoms with van der Waals surface area (Å²) in [5.74, 6) is -0.291. The predicted octanol–water partition coefficient (Wildman–Crippen LogP) is 3.91. The maximum atomic E-state index is 12.7. The quantitative estimate of drug-likeness (QED) is 0.407. The lowest BCUT2D eigenvalue weighted by Gasteiger charge is -2.17. The van der Waals surface area contributed by atoms with Crippen LogP contribution in [0, 0.1) is 10.1 Å². The molecule has 10 heteroatoms. The second-order valence-electron chi connectivity index (χ2n) is 6.05. The molecule has 2 aromatic carbocycles. The number of nitrogens with zero attached hydrogens (tertiary/aromatic N) is 5. The van der Waals surface area contributed by atoms with Gasteiger partial charge in [0.05, 0.1) is 9.82 Å². The average Bonchev–Trinajstić information content (AvgIpc) is 3.07. The van der Waals surface area contributed by atoms with Crippen LogP contribution in [-0.2, 0) is 13.6 Å². The molecule has 0 fully saturated rings. The first-order chi connectivity index (χ1) is 13.3. The summed E-state index contributed by atoms with van der Waals surface area (Å²) < 4.78 is 2.62. The minimum Gasteiger partial charge on any atom is -0.337 e. The Balaban J connectivity index is 1.82. The topological polar surface area (TPSA) is 94.2 Å². The van der Waals surface area contributed by atoms with E-state index in [0.29, 0.717) is 16.6 Å². The van der Waals surface area contributed by atoms with Gasteiger partial charge in [-0.1, -0.05) is 28.1 Å². The number of rotatable bonds is 6. The molecule has 0 atom stereocenters. The molecule has 1 amide bonds. The van der Waals surface area contributed by atoms with Crippen molar-refractivity contribution in [3.8, 4) is 0 Å². The van der Waals surface area contributed by atoms with Gasteiger partial charge in [0, 0.05) is 36.7 Å². The summed E-state index contributed by atoms with van der Waals surface area (Å²) in [6.45, 7) is 0.398. The highest BCUT2D eigenvalue weighted by atomic mass is 79.9. The van der Waals surface area contributed by atoms with Gasteiger partial charge in [-0.15, -0.1) is 10.2 Å². The second kappa shape index (κ2) is 8.53. The first-order valence-corrected chi connectivity index (χ1v) is 9.76. The van der Waals surface area contributed by atoms with Crippen LogP contribution in [0.5, 0.6) is 0 Å². The average molecular weight is 462 g/mol. The minimum absolute atomic E-state index is 0.143. The number of hydrogen-bond acceptors (Lipinski definition) is 6. The second-order valence-corrected chi connectivity index (χ2v) is 7.98. The first kappa shape index (κ1) is 20.0. The van der Waals surface area contributed by atoms with Crippen molar-refractivity contribution in [3.05, 3.63) is 74.5 Å². The van der Waals surface area contributed by atoms with E-state index in [0.717, 1.165) is 21.8 Å². The molecule has 3 rings (SSSR count). The Morgan fingerprint density at radius 1 is 1.29 bits per heavy atom. The van der Waals surface area contributed by atoms with Crippen molar-refractivity contribution in [1.29, 1.82) is 0 Å². The van der Waals surface area contributed by atoms with E-state index in [4.69, 9.17) is 0 Å². The van der Waals surface area contributed by atoms with Crippen LogP contribution in [0.2, 0.25) is 0 Å². The molecular weight excluding hydrogens is 446 g/mol. The van der Waals surface area contributed by atoms with Crippen molar-refractivity contribution >= 4 is 39.3 Å². The molecule has 0 bridgehead atoms. The molecule has 0 aliphatic carbocycles. The molecule has 0 N–H and O–H groups in total. The van der Waals surface area contributed by atoms with E-state index in [2.05, 4.69) is 26.1 Å². The number of amides is 1. The van der Waals surface area contributed by atoms with Gasteiger partial charge >= 0.3 is 0 Å². The van der Waals surface area contributed by atoms with Crippen LogP contribution >= 0.6 is 27.7 Å². The van der Waals surface area contributed by atoms with Crippen LogP contribution in [0.15, 0.2) is 63.3 Å². The number of benzene rings is 2. The van der Waals surface area contributed by atoms with E-state index in [-0.39, 0.29) is 17.2 Å². The van der Waals surface area contributed by atoms with Crippen molar-refractivity contribution in [2.45, 2.75) is 16.6 Å². The molecule has 0 saturated heterocycles. The zero-order chi connectivity index (χ0) is 20.3. The van der Waals surface area contributed by atoms with Crippen LogP contribution in [0.4, 0.5) is 5.69 Å². The largest absolute Gasteiger partial charge is 0.337 e. The first-order valence-electron chi connectivity index (χ1n) is 8.15. The Morgan fingerprint density at radius 3 is 2.61 bits per heavy atom. The third-order valence-electron chi connectivity index (χ3n) is 3.95. The van der Waals surface area contributed by atoms with Gasteiger partial charge in [0.25, 0.3) is 11.6 Å². The van der Waals surface area contributed by atoms with Crippen molar-refractivity contribution in [3.63, 3.8) is 0 Å². The maximum Gasteiger partial charge on any atom is 0.284 e. The normalized spacial score (nSPS) is 10.7. The molecule has 1 aromatic heterocycles. The molecule has 0 radical (unpaired) electrons. The van der Waals surface area contributed by atoms with Gasteiger partial charge in [0.1, 0.15) is 6.33 Å². The number of carbonyl (C=O) groups excluding carboxylic acids is 1. The number of aryl methyl sites for hydroxylation is 1. The van der Waals surface area contributed by atoms with Gasteiger partial charge in [-0.2, -0.15) is 0 Å². The molecule has 1 heterocycles. The van der Waals surface area contributed by atoms with Crippen LogP contribution in [-0.4, -0.2) is 37.5 Å². The summed E-state index contributed by atoms with van der Waals surface area (Å²) in [7, 11) is 3.42. The zero-order valence-electron chi connectivity index (χ0n) is 15.1. The molecule has 0 spiro atoms. The van der Waals surface area contributed by atoms with Crippen molar-refractivity contribution in [1.82, 2.24) is 19.7 Å². The third kappa shape index (κ3) is 4.57. The summed E-state index contributed by atoms with van der Waals surface area (Å²) in [4.78, 5) is 25.7. The van der Waals surface area contributed by atoms with Gasteiger partial charge in [0.15, 0.2) is 5.16 Å². The SMILES string of the molecule is CN(Cc1ccc(Br)cc1)C(=O)c1ccc(Sc2nncn2C)c([N+](=O)[O-])c1. The minimum atomic E-state index is -0.496. The van der Waals surface area contributed by atoms with E-state index in [1.165, 1.54) is 17.3 Å². The van der Waals surface area contributed by atoms with Crippen molar-refractivity contribution < 1.29 is 9.72 Å². The van der Waals surface area contributed by atoms with Crippen LogP contribution in [0.1, 0.15) is 15.9 Å². The van der Waals surface area contributed by atoms with Gasteiger partial charge in [-0.25, -0.2) is 0 Å². The van der Waals surface area contributed by atoms with E-state index < -0.39 is 4.92 Å². The molecule has 8 nitrogen and oxygen atoms in total. The highest BCUT2D eigenvalue weighted by molar-refractivity contribution is 9.10.